The van der Waals surface area contributed by atoms with Crippen LogP contribution in [0.15, 0.2) is 36.4 Å². The number of phenols is 1. The molecule has 0 spiro atoms. The summed E-state index contributed by atoms with van der Waals surface area (Å²) in [6.45, 7) is 0. The van der Waals surface area contributed by atoms with Crippen molar-refractivity contribution in [1.82, 2.24) is 0 Å². The fourth-order valence-corrected chi connectivity index (χ4v) is 2.94. The molecule has 3 rings (SSSR count). The van der Waals surface area contributed by atoms with E-state index in [2.05, 4.69) is 5.32 Å². The Morgan fingerprint density at radius 2 is 1.67 bits per heavy atom. The SMILES string of the molecule is O=C(O)c1cc(C(=O)O)cc(N2C(=O)CC(Nc3cc([N+](=O)[O-])ccc3O)C2=O)c1. The lowest BCUT2D eigenvalue weighted by Crippen LogP contribution is -2.35. The molecule has 154 valence electrons. The Morgan fingerprint density at radius 3 is 2.20 bits per heavy atom. The first kappa shape index (κ1) is 20.3. The Morgan fingerprint density at radius 1 is 1.07 bits per heavy atom. The molecule has 2 amide bonds. The van der Waals surface area contributed by atoms with Crippen molar-refractivity contribution in [3.05, 3.63) is 57.6 Å². The number of aromatic hydroxyl groups is 1. The molecule has 0 aliphatic carbocycles. The second-order valence-corrected chi connectivity index (χ2v) is 6.31. The van der Waals surface area contributed by atoms with E-state index < -0.39 is 52.3 Å². The molecule has 4 N–H and O–H groups in total. The fourth-order valence-electron chi connectivity index (χ4n) is 2.94. The molecular weight excluding hydrogens is 402 g/mol. The normalized spacial score (nSPS) is 15.9. The number of phenolic OH excluding ortho intramolecular Hbond substituents is 1. The average Bonchev–Trinajstić information content (AvgIpc) is 2.96. The van der Waals surface area contributed by atoms with E-state index in [9.17, 15) is 34.4 Å². The lowest BCUT2D eigenvalue weighted by molar-refractivity contribution is -0.384. The van der Waals surface area contributed by atoms with Crippen LogP contribution in [0.1, 0.15) is 27.1 Å². The van der Waals surface area contributed by atoms with Crippen molar-refractivity contribution in [1.29, 1.82) is 0 Å². The minimum Gasteiger partial charge on any atom is -0.506 e. The highest BCUT2D eigenvalue weighted by molar-refractivity contribution is 6.23. The Balaban J connectivity index is 1.94. The van der Waals surface area contributed by atoms with Crippen molar-refractivity contribution in [3.63, 3.8) is 0 Å². The number of benzene rings is 2. The number of anilines is 2. The van der Waals surface area contributed by atoms with Crippen molar-refractivity contribution >= 4 is 40.8 Å². The summed E-state index contributed by atoms with van der Waals surface area (Å²) in [4.78, 5) is 58.5. The van der Waals surface area contributed by atoms with Gasteiger partial charge in [0, 0.05) is 12.1 Å². The van der Waals surface area contributed by atoms with Gasteiger partial charge in [0.15, 0.2) is 0 Å². The van der Waals surface area contributed by atoms with E-state index in [0.29, 0.717) is 4.90 Å². The highest BCUT2D eigenvalue weighted by Gasteiger charge is 2.40. The van der Waals surface area contributed by atoms with Gasteiger partial charge in [-0.15, -0.1) is 0 Å². The number of carboxylic acids is 2. The monoisotopic (exact) mass is 415 g/mol. The lowest BCUT2D eigenvalue weighted by Gasteiger charge is -2.17. The van der Waals surface area contributed by atoms with Crippen LogP contribution in [-0.4, -0.2) is 50.0 Å². The van der Waals surface area contributed by atoms with E-state index in [1.165, 1.54) is 0 Å². The Hall–Kier alpha value is -4.48. The summed E-state index contributed by atoms with van der Waals surface area (Å²) >= 11 is 0. The maximum atomic E-state index is 12.7. The molecule has 1 atom stereocenters. The minimum atomic E-state index is -1.45. The van der Waals surface area contributed by atoms with Gasteiger partial charge in [-0.05, 0) is 24.3 Å². The quantitative estimate of drug-likeness (QED) is 0.233. The molecule has 1 heterocycles. The molecule has 2 aromatic carbocycles. The van der Waals surface area contributed by atoms with E-state index >= 15 is 0 Å². The Bertz CT molecular complexity index is 1080. The number of nitrogens with zero attached hydrogens (tertiary/aromatic N) is 2. The number of carboxylic acid groups (broad SMARTS) is 2. The predicted molar refractivity (Wildman–Crippen MR) is 99.6 cm³/mol. The van der Waals surface area contributed by atoms with Crippen LogP contribution in [0.5, 0.6) is 5.75 Å². The third kappa shape index (κ3) is 3.73. The van der Waals surface area contributed by atoms with Gasteiger partial charge in [0.25, 0.3) is 11.6 Å². The molecule has 1 aliphatic rings. The average molecular weight is 415 g/mol. The van der Waals surface area contributed by atoms with Gasteiger partial charge in [0.1, 0.15) is 11.8 Å². The maximum absolute atomic E-state index is 12.7. The van der Waals surface area contributed by atoms with E-state index in [-0.39, 0.29) is 22.8 Å². The summed E-state index contributed by atoms with van der Waals surface area (Å²) in [6.07, 6.45) is -0.402. The van der Waals surface area contributed by atoms with Gasteiger partial charge in [-0.3, -0.25) is 19.7 Å². The number of nitro benzene ring substituents is 1. The molecule has 0 radical (unpaired) electrons. The summed E-state index contributed by atoms with van der Waals surface area (Å²) in [5, 5.41) is 41.7. The molecule has 12 nitrogen and oxygen atoms in total. The number of carbonyl (C=O) groups is 4. The molecule has 2 aromatic rings. The Kier molecular flexibility index (Phi) is 5.07. The molecule has 0 aromatic heterocycles. The van der Waals surface area contributed by atoms with E-state index in [1.54, 1.807) is 0 Å². The topological polar surface area (TPSA) is 187 Å². The zero-order valence-corrected chi connectivity index (χ0v) is 14.9. The first-order valence-electron chi connectivity index (χ1n) is 8.31. The van der Waals surface area contributed by atoms with Gasteiger partial charge < -0.3 is 20.6 Å². The molecule has 12 heteroatoms. The number of carbonyl (C=O) groups excluding carboxylic acids is 2. The second kappa shape index (κ2) is 7.50. The number of amides is 2. The van der Waals surface area contributed by atoms with Crippen LogP contribution < -0.4 is 10.2 Å². The number of imide groups is 1. The molecule has 0 bridgehead atoms. The highest BCUT2D eigenvalue weighted by atomic mass is 16.6. The predicted octanol–water partition coefficient (Wildman–Crippen LogP) is 1.44. The third-order valence-corrected chi connectivity index (χ3v) is 4.34. The number of non-ortho nitro benzene ring substituents is 1. The van der Waals surface area contributed by atoms with Crippen LogP contribution in [0.25, 0.3) is 0 Å². The van der Waals surface area contributed by atoms with Crippen molar-refractivity contribution in [3.8, 4) is 5.75 Å². The molecular formula is C18H13N3O9. The standard InChI is InChI=1S/C18H13N3O9/c22-14-2-1-10(21(29)30)6-12(14)19-13-7-15(23)20(16(13)24)11-4-8(17(25)26)3-9(5-11)18(27)28/h1-6,13,19,22H,7H2,(H,25,26)(H,27,28). The molecule has 1 unspecified atom stereocenters. The summed E-state index contributed by atoms with van der Waals surface area (Å²) in [6, 6.07) is 4.73. The summed E-state index contributed by atoms with van der Waals surface area (Å²) in [5.41, 5.74) is -1.61. The second-order valence-electron chi connectivity index (χ2n) is 6.31. The lowest BCUT2D eigenvalue weighted by atomic mass is 10.1. The summed E-state index contributed by atoms with van der Waals surface area (Å²) in [7, 11) is 0. The van der Waals surface area contributed by atoms with Gasteiger partial charge in [-0.25, -0.2) is 14.5 Å². The van der Waals surface area contributed by atoms with Crippen LogP contribution in [0.2, 0.25) is 0 Å². The number of hydrogen-bond acceptors (Lipinski definition) is 8. The number of nitrogens with one attached hydrogen (secondary N) is 1. The van der Waals surface area contributed by atoms with Crippen LogP contribution in [0, 0.1) is 10.1 Å². The van der Waals surface area contributed by atoms with Gasteiger partial charge in [-0.1, -0.05) is 0 Å². The summed E-state index contributed by atoms with van der Waals surface area (Å²) in [5.74, 6) is -4.88. The molecule has 1 aliphatic heterocycles. The Labute approximate surface area is 167 Å². The first-order chi connectivity index (χ1) is 14.1. The van der Waals surface area contributed by atoms with E-state index in [1.807, 2.05) is 0 Å². The highest BCUT2D eigenvalue weighted by Crippen LogP contribution is 2.32. The van der Waals surface area contributed by atoms with Crippen LogP contribution in [0.4, 0.5) is 17.1 Å². The number of nitro groups is 1. The molecule has 1 fully saturated rings. The van der Waals surface area contributed by atoms with Gasteiger partial charge in [-0.2, -0.15) is 0 Å². The van der Waals surface area contributed by atoms with Crippen LogP contribution in [0.3, 0.4) is 0 Å². The van der Waals surface area contributed by atoms with Crippen molar-refractivity contribution in [2.75, 3.05) is 10.2 Å². The van der Waals surface area contributed by atoms with Gasteiger partial charge in [0.05, 0.1) is 33.8 Å². The minimum absolute atomic E-state index is 0.150. The van der Waals surface area contributed by atoms with Crippen molar-refractivity contribution < 1.29 is 39.4 Å². The summed E-state index contributed by atoms with van der Waals surface area (Å²) < 4.78 is 0. The van der Waals surface area contributed by atoms with Crippen LogP contribution >= 0.6 is 0 Å². The van der Waals surface area contributed by atoms with Gasteiger partial charge >= 0.3 is 11.9 Å². The maximum Gasteiger partial charge on any atom is 0.335 e. The van der Waals surface area contributed by atoms with Crippen molar-refractivity contribution in [2.24, 2.45) is 0 Å². The molecule has 30 heavy (non-hydrogen) atoms. The van der Waals surface area contributed by atoms with Crippen LogP contribution in [-0.2, 0) is 9.59 Å². The largest absolute Gasteiger partial charge is 0.506 e. The third-order valence-electron chi connectivity index (χ3n) is 4.34. The fraction of sp³-hybridized carbons (Fsp3) is 0.111. The number of aromatic carboxylic acids is 2. The zero-order chi connectivity index (χ0) is 22.2. The number of hydrogen-bond donors (Lipinski definition) is 4. The van der Waals surface area contributed by atoms with E-state index in [4.69, 9.17) is 10.2 Å². The smallest absolute Gasteiger partial charge is 0.335 e. The molecule has 0 saturated carbocycles. The zero-order valence-electron chi connectivity index (χ0n) is 14.9. The molecule has 1 saturated heterocycles. The van der Waals surface area contributed by atoms with Gasteiger partial charge in [0.2, 0.25) is 5.91 Å². The number of rotatable bonds is 6. The first-order valence-corrected chi connectivity index (χ1v) is 8.31. The van der Waals surface area contributed by atoms with E-state index in [0.717, 1.165) is 36.4 Å². The van der Waals surface area contributed by atoms with Crippen molar-refractivity contribution in [2.45, 2.75) is 12.5 Å².